The average Bonchev–Trinajstić information content (AvgIpc) is 0.852. The van der Waals surface area contributed by atoms with Crippen molar-refractivity contribution in [1.29, 1.82) is 0 Å². The van der Waals surface area contributed by atoms with Crippen LogP contribution in [0.3, 0.4) is 0 Å². The fourth-order valence-corrected chi connectivity index (χ4v) is 24.0. The van der Waals surface area contributed by atoms with E-state index in [1.165, 1.54) is 349 Å². The van der Waals surface area contributed by atoms with Crippen LogP contribution in [0, 0.1) is 88.8 Å². The van der Waals surface area contributed by atoms with E-state index >= 15 is 0 Å². The first-order valence-electron chi connectivity index (χ1n) is 48.6. The second-order valence-corrected chi connectivity index (χ2v) is 40.9. The van der Waals surface area contributed by atoms with Gasteiger partial charge in [-0.25, -0.2) is 0 Å². The molecule has 0 heterocycles. The summed E-state index contributed by atoms with van der Waals surface area (Å²) in [6.07, 6.45) is 83.7. The first kappa shape index (κ1) is 104. The topological polar surface area (TPSA) is 0 Å². The van der Waals surface area contributed by atoms with Crippen LogP contribution in [0.4, 0.5) is 23.5 Å². The largest absolute Gasteiger partial charge is 0.269 e. The molecule has 0 nitrogen and oxygen atoms in total. The Hall–Kier alpha value is -4.45. The van der Waals surface area contributed by atoms with Crippen LogP contribution in [0.25, 0.3) is 27.9 Å². The van der Waals surface area contributed by atoms with Gasteiger partial charge in [0.25, 0.3) is 0 Å². The Bertz CT molecular complexity index is 3120. The number of allylic oxidation sites excluding steroid dienone is 10. The summed E-state index contributed by atoms with van der Waals surface area (Å²) in [5.74, 6) is 14.9. The standard InChI is InChI=1S/5C22H31S.5FH/c5*1-2-3-4-17-5-7-18(8-6-17)19-9-11-20(12-10-19)21-13-15-22(23)16-14-21;;;;;/h5*11,13-19H,2-10,12H2,1H3;5*1H/t5*17-,18-,19?;;;;;. The SMILES string of the molecule is CCCC[C@H]1CC[C@H](C2CC=C(c3ccc([S])cc3)CC2)CC1.CCCC[C@H]1CC[C@H](C2CC=C(c3ccc([S])cc3)CC2)CC1.CCCC[C@H]1CC[C@H](C2CC=C(c3ccc([S])cc3)CC2)CC1.CCCC[C@H]1CC[C@H](C2CC=C(c3ccc([S])cc3)CC2)CC1.CCCC[C@H]1CC[C@H](C2CC=C(c3ccc([S])cc3)CC2)CC1.F.F.F.F.F. The second kappa shape index (κ2) is 57.3. The minimum Gasteiger partial charge on any atom is -0.269 e. The first-order chi connectivity index (χ1) is 56.3. The predicted octanol–water partition coefficient (Wildman–Crippen LogP) is 37.9. The van der Waals surface area contributed by atoms with E-state index in [0.717, 1.165) is 113 Å². The molecule has 5 aromatic rings. The predicted molar refractivity (Wildman–Crippen MR) is 525 cm³/mol. The molecule has 5 fully saturated rings. The lowest BCUT2D eigenvalue weighted by Crippen LogP contribution is -2.23. The Morgan fingerprint density at radius 1 is 0.192 bits per heavy atom. The van der Waals surface area contributed by atoms with Crippen molar-refractivity contribution in [1.82, 2.24) is 0 Å². The molecule has 0 bridgehead atoms. The van der Waals surface area contributed by atoms with Crippen LogP contribution in [0.15, 0.2) is 176 Å². The molecule has 0 saturated heterocycles. The molecule has 5 saturated carbocycles. The van der Waals surface area contributed by atoms with Crippen molar-refractivity contribution < 1.29 is 23.5 Å². The van der Waals surface area contributed by atoms with Gasteiger partial charge in [-0.3, -0.25) is 23.5 Å². The fraction of sp³-hybridized carbons (Fsp3) is 0.636. The van der Waals surface area contributed by atoms with Crippen LogP contribution in [0.5, 0.6) is 0 Å². The van der Waals surface area contributed by atoms with Crippen molar-refractivity contribution in [2.24, 2.45) is 88.8 Å². The molecule has 0 spiro atoms. The molecule has 0 N–H and O–H groups in total. The Labute approximate surface area is 757 Å². The van der Waals surface area contributed by atoms with Crippen LogP contribution in [0.2, 0.25) is 0 Å². The second-order valence-electron chi connectivity index (χ2n) is 38.6. The van der Waals surface area contributed by atoms with Crippen molar-refractivity contribution in [2.75, 3.05) is 0 Å². The van der Waals surface area contributed by atoms with Crippen molar-refractivity contribution in [3.05, 3.63) is 180 Å². The molecule has 5 unspecified atom stereocenters. The van der Waals surface area contributed by atoms with E-state index in [2.05, 4.69) is 186 Å². The van der Waals surface area contributed by atoms with Gasteiger partial charge < -0.3 is 0 Å². The van der Waals surface area contributed by atoms with Crippen LogP contribution in [-0.2, 0) is 0 Å². The summed E-state index contributed by atoms with van der Waals surface area (Å²) in [4.78, 5) is 4.74. The molecular weight excluding hydrogens is 1580 g/mol. The maximum Gasteiger partial charge on any atom is 0.0377 e. The quantitative estimate of drug-likeness (QED) is 0.0511. The molecule has 5 atom stereocenters. The van der Waals surface area contributed by atoms with E-state index < -0.39 is 0 Å². The van der Waals surface area contributed by atoms with Gasteiger partial charge in [0, 0.05) is 24.5 Å². The summed E-state index contributed by atoms with van der Waals surface area (Å²) in [7, 11) is 0. The highest BCUT2D eigenvalue weighted by Gasteiger charge is 2.34. The molecule has 15 rings (SSSR count). The lowest BCUT2D eigenvalue weighted by molar-refractivity contribution is 0.188. The molecule has 0 amide bonds. The van der Waals surface area contributed by atoms with E-state index in [4.69, 9.17) is 63.1 Å². The van der Waals surface area contributed by atoms with Crippen LogP contribution in [-0.4, -0.2) is 0 Å². The zero-order chi connectivity index (χ0) is 80.4. The third kappa shape index (κ3) is 34.0. The molecule has 5 radical (unpaired) electrons. The van der Waals surface area contributed by atoms with Crippen LogP contribution < -0.4 is 0 Å². The Morgan fingerprint density at radius 3 is 0.450 bits per heavy atom. The number of halogens is 5. The van der Waals surface area contributed by atoms with Crippen molar-refractivity contribution in [3.8, 4) is 0 Å². The number of hydrogen-bond acceptors (Lipinski definition) is 0. The zero-order valence-electron chi connectivity index (χ0n) is 75.0. The molecular formula is C110H160F5S5. The van der Waals surface area contributed by atoms with Crippen LogP contribution in [0.1, 0.15) is 383 Å². The molecule has 0 aromatic heterocycles. The van der Waals surface area contributed by atoms with Gasteiger partial charge in [0.2, 0.25) is 0 Å². The highest BCUT2D eigenvalue weighted by molar-refractivity contribution is 7.81. The van der Waals surface area contributed by atoms with Gasteiger partial charge in [0.05, 0.1) is 0 Å². The normalized spacial score (nSPS) is 27.2. The van der Waals surface area contributed by atoms with Crippen molar-refractivity contribution in [2.45, 2.75) is 380 Å². The first-order valence-corrected chi connectivity index (χ1v) is 50.7. The number of unbranched alkanes of at least 4 members (excludes halogenated alkanes) is 5. The lowest BCUT2D eigenvalue weighted by Gasteiger charge is -2.35. The van der Waals surface area contributed by atoms with Gasteiger partial charge in [0.15, 0.2) is 0 Å². The van der Waals surface area contributed by atoms with E-state index in [1.807, 2.05) is 0 Å². The average molecular weight is 1740 g/mol. The van der Waals surface area contributed by atoms with Crippen LogP contribution >= 0.6 is 63.1 Å². The Morgan fingerprint density at radius 2 is 0.333 bits per heavy atom. The molecule has 665 valence electrons. The monoisotopic (exact) mass is 1740 g/mol. The van der Waals surface area contributed by atoms with E-state index in [0.29, 0.717) is 0 Å². The van der Waals surface area contributed by atoms with E-state index in [9.17, 15) is 0 Å². The maximum atomic E-state index is 5.19. The maximum absolute atomic E-state index is 5.19. The number of rotatable bonds is 25. The Kier molecular flexibility index (Phi) is 49.8. The molecule has 120 heavy (non-hydrogen) atoms. The minimum absolute atomic E-state index is 0. The summed E-state index contributed by atoms with van der Waals surface area (Å²) in [6.45, 7) is 11.6. The molecule has 0 aliphatic heterocycles. The van der Waals surface area contributed by atoms with Crippen molar-refractivity contribution in [3.63, 3.8) is 0 Å². The Balaban J connectivity index is 0.000000230. The van der Waals surface area contributed by atoms with Gasteiger partial charge in [-0.15, -0.1) is 0 Å². The van der Waals surface area contributed by atoms with Crippen molar-refractivity contribution >= 4 is 91.0 Å². The minimum atomic E-state index is 0. The smallest absolute Gasteiger partial charge is 0.0377 e. The summed E-state index contributed by atoms with van der Waals surface area (Å²) in [6, 6.07) is 42.7. The van der Waals surface area contributed by atoms with Gasteiger partial charge in [-0.2, -0.15) is 0 Å². The zero-order valence-corrected chi connectivity index (χ0v) is 79.1. The third-order valence-corrected chi connectivity index (χ3v) is 32.4. The summed E-state index contributed by atoms with van der Waals surface area (Å²) in [5, 5.41) is 0. The fourth-order valence-electron chi connectivity index (χ4n) is 23.3. The van der Waals surface area contributed by atoms with Gasteiger partial charge in [0.1, 0.15) is 0 Å². The van der Waals surface area contributed by atoms with Gasteiger partial charge in [-0.1, -0.05) is 349 Å². The molecule has 10 heteroatoms. The molecule has 5 aromatic carbocycles. The molecule has 10 aliphatic rings. The number of benzene rings is 5. The third-order valence-electron chi connectivity index (χ3n) is 31.0. The molecule has 10 aliphatic carbocycles. The highest BCUT2D eigenvalue weighted by Crippen LogP contribution is 2.49. The lowest BCUT2D eigenvalue weighted by atomic mass is 9.70. The summed E-state index contributed by atoms with van der Waals surface area (Å²) in [5.41, 5.74) is 14.7. The summed E-state index contributed by atoms with van der Waals surface area (Å²) < 4.78 is 0. The summed E-state index contributed by atoms with van der Waals surface area (Å²) >= 11 is 26.0. The number of hydrogen-bond donors (Lipinski definition) is 0. The highest BCUT2D eigenvalue weighted by atomic mass is 32.1. The van der Waals surface area contributed by atoms with Gasteiger partial charge in [-0.05, 0) is 366 Å². The van der Waals surface area contributed by atoms with Gasteiger partial charge >= 0.3 is 0 Å². The van der Waals surface area contributed by atoms with E-state index in [-0.39, 0.29) is 23.5 Å². The van der Waals surface area contributed by atoms with E-state index in [1.54, 1.807) is 27.9 Å².